The highest BCUT2D eigenvalue weighted by molar-refractivity contribution is 9.10. The first-order valence-electron chi connectivity index (χ1n) is 6.08. The van der Waals surface area contributed by atoms with Crippen LogP contribution in [0.5, 0.6) is 0 Å². The van der Waals surface area contributed by atoms with E-state index in [0.29, 0.717) is 16.6 Å². The second-order valence-electron chi connectivity index (χ2n) is 4.71. The Labute approximate surface area is 120 Å². The van der Waals surface area contributed by atoms with Gasteiger partial charge in [0.2, 0.25) is 0 Å². The number of nitrogens with one attached hydrogen (secondary N) is 1. The predicted molar refractivity (Wildman–Crippen MR) is 76.8 cm³/mol. The van der Waals surface area contributed by atoms with E-state index in [1.807, 2.05) is 0 Å². The van der Waals surface area contributed by atoms with Gasteiger partial charge in [-0.25, -0.2) is 0 Å². The topological polar surface area (TPSA) is 55.1 Å². The van der Waals surface area contributed by atoms with Crippen molar-refractivity contribution in [1.29, 1.82) is 0 Å². The van der Waals surface area contributed by atoms with Crippen LogP contribution in [0.15, 0.2) is 22.7 Å². The summed E-state index contributed by atoms with van der Waals surface area (Å²) < 4.78 is 0.796. The van der Waals surface area contributed by atoms with Crippen LogP contribution >= 0.6 is 27.5 Å². The van der Waals surface area contributed by atoms with Gasteiger partial charge in [0.25, 0.3) is 5.91 Å². The van der Waals surface area contributed by atoms with Crippen molar-refractivity contribution in [3.05, 3.63) is 33.3 Å². The summed E-state index contributed by atoms with van der Waals surface area (Å²) in [5.74, 6) is -0.0649. The number of hydrogen-bond acceptors (Lipinski definition) is 2. The molecule has 0 unspecified atom stereocenters. The molecular weight excluding hydrogens is 316 g/mol. The van der Waals surface area contributed by atoms with E-state index in [1.165, 1.54) is 0 Å². The van der Waals surface area contributed by atoms with Gasteiger partial charge in [0, 0.05) is 22.1 Å². The molecule has 0 atom stereocenters. The average Bonchev–Trinajstić information content (AvgIpc) is 2.35. The molecule has 18 heavy (non-hydrogen) atoms. The molecule has 3 nitrogen and oxygen atoms in total. The average molecular weight is 332 g/mol. The lowest BCUT2D eigenvalue weighted by molar-refractivity contribution is 0.0926. The summed E-state index contributed by atoms with van der Waals surface area (Å²) in [6.45, 7) is 0. The van der Waals surface area contributed by atoms with Crippen molar-refractivity contribution < 1.29 is 4.79 Å². The number of carbonyl (C=O) groups excluding carboxylic acids is 1. The van der Waals surface area contributed by atoms with Crippen molar-refractivity contribution >= 4 is 33.4 Å². The summed E-state index contributed by atoms with van der Waals surface area (Å²) in [5, 5.41) is 3.58. The number of nitrogens with two attached hydrogens (primary N) is 1. The maximum absolute atomic E-state index is 12.0. The lowest BCUT2D eigenvalue weighted by Crippen LogP contribution is -2.40. The highest BCUT2D eigenvalue weighted by atomic mass is 79.9. The van der Waals surface area contributed by atoms with Gasteiger partial charge >= 0.3 is 0 Å². The third-order valence-electron chi connectivity index (χ3n) is 3.29. The minimum atomic E-state index is -0.0649. The minimum Gasteiger partial charge on any atom is -0.349 e. The molecule has 1 aromatic carbocycles. The van der Waals surface area contributed by atoms with Crippen LogP contribution < -0.4 is 11.1 Å². The first-order valence-corrected chi connectivity index (χ1v) is 7.25. The minimum absolute atomic E-state index is 0.0649. The molecule has 1 saturated carbocycles. The quantitative estimate of drug-likeness (QED) is 0.875. The number of halogens is 2. The molecule has 0 heterocycles. The lowest BCUT2D eigenvalue weighted by atomic mass is 9.91. The predicted octanol–water partition coefficient (Wildman–Crippen LogP) is 3.10. The molecule has 1 fully saturated rings. The summed E-state index contributed by atoms with van der Waals surface area (Å²) in [6.07, 6.45) is 3.87. The zero-order valence-corrected chi connectivity index (χ0v) is 12.3. The first kappa shape index (κ1) is 13.8. The molecule has 0 aromatic heterocycles. The highest BCUT2D eigenvalue weighted by Crippen LogP contribution is 2.23. The molecule has 1 aliphatic carbocycles. The van der Waals surface area contributed by atoms with Crippen LogP contribution in [-0.2, 0) is 0 Å². The fourth-order valence-corrected chi connectivity index (χ4v) is 2.60. The van der Waals surface area contributed by atoms with Gasteiger partial charge in [0.15, 0.2) is 0 Å². The number of benzene rings is 1. The molecular formula is C13H16BrClN2O. The van der Waals surface area contributed by atoms with E-state index in [4.69, 9.17) is 17.3 Å². The summed E-state index contributed by atoms with van der Waals surface area (Å²) >= 11 is 9.28. The zero-order chi connectivity index (χ0) is 13.1. The number of amides is 1. The fourth-order valence-electron chi connectivity index (χ4n) is 2.17. The highest BCUT2D eigenvalue weighted by Gasteiger charge is 2.20. The van der Waals surface area contributed by atoms with Crippen molar-refractivity contribution in [2.24, 2.45) is 5.73 Å². The monoisotopic (exact) mass is 330 g/mol. The van der Waals surface area contributed by atoms with Crippen molar-refractivity contribution in [2.75, 3.05) is 0 Å². The zero-order valence-electron chi connectivity index (χ0n) is 9.96. The Morgan fingerprint density at radius 3 is 2.61 bits per heavy atom. The number of hydrogen-bond donors (Lipinski definition) is 2. The van der Waals surface area contributed by atoms with Gasteiger partial charge in [-0.15, -0.1) is 0 Å². The summed E-state index contributed by atoms with van der Waals surface area (Å²) in [5.41, 5.74) is 6.44. The maximum Gasteiger partial charge on any atom is 0.251 e. The van der Waals surface area contributed by atoms with Crippen LogP contribution in [0.3, 0.4) is 0 Å². The Hall–Kier alpha value is -0.580. The van der Waals surface area contributed by atoms with Crippen LogP contribution in [0.1, 0.15) is 36.0 Å². The third kappa shape index (κ3) is 3.46. The van der Waals surface area contributed by atoms with E-state index < -0.39 is 0 Å². The van der Waals surface area contributed by atoms with Crippen LogP contribution in [0.4, 0.5) is 0 Å². The summed E-state index contributed by atoms with van der Waals surface area (Å²) in [6, 6.07) is 5.75. The second-order valence-corrected chi connectivity index (χ2v) is 5.98. The molecule has 0 bridgehead atoms. The van der Waals surface area contributed by atoms with Crippen LogP contribution in [-0.4, -0.2) is 18.0 Å². The van der Waals surface area contributed by atoms with E-state index in [2.05, 4.69) is 21.2 Å². The van der Waals surface area contributed by atoms with Gasteiger partial charge in [-0.05, 0) is 59.8 Å². The molecule has 0 spiro atoms. The Morgan fingerprint density at radius 1 is 1.33 bits per heavy atom. The second kappa shape index (κ2) is 6.04. The van der Waals surface area contributed by atoms with E-state index in [9.17, 15) is 4.79 Å². The van der Waals surface area contributed by atoms with E-state index in [-0.39, 0.29) is 11.9 Å². The molecule has 2 rings (SSSR count). The van der Waals surface area contributed by atoms with Gasteiger partial charge in [-0.3, -0.25) is 4.79 Å². The number of rotatable bonds is 2. The fraction of sp³-hybridized carbons (Fsp3) is 0.462. The van der Waals surface area contributed by atoms with Crippen molar-refractivity contribution in [2.45, 2.75) is 37.8 Å². The molecule has 1 aromatic rings. The van der Waals surface area contributed by atoms with Crippen molar-refractivity contribution in [3.63, 3.8) is 0 Å². The third-order valence-corrected chi connectivity index (χ3v) is 4.52. The summed E-state index contributed by atoms with van der Waals surface area (Å²) in [7, 11) is 0. The summed E-state index contributed by atoms with van der Waals surface area (Å²) in [4.78, 5) is 12.0. The molecule has 0 aliphatic heterocycles. The smallest absolute Gasteiger partial charge is 0.251 e. The van der Waals surface area contributed by atoms with Crippen LogP contribution in [0, 0.1) is 0 Å². The first-order chi connectivity index (χ1) is 8.56. The van der Waals surface area contributed by atoms with E-state index in [0.717, 1.165) is 30.2 Å². The lowest BCUT2D eigenvalue weighted by Gasteiger charge is -2.26. The molecule has 1 amide bonds. The molecule has 1 aliphatic rings. The van der Waals surface area contributed by atoms with Gasteiger partial charge in [0.1, 0.15) is 0 Å². The largest absolute Gasteiger partial charge is 0.349 e. The van der Waals surface area contributed by atoms with Gasteiger partial charge in [-0.1, -0.05) is 11.6 Å². The normalized spacial score (nSPS) is 23.7. The molecule has 0 radical (unpaired) electrons. The van der Waals surface area contributed by atoms with E-state index in [1.54, 1.807) is 18.2 Å². The van der Waals surface area contributed by atoms with Gasteiger partial charge in [-0.2, -0.15) is 0 Å². The van der Waals surface area contributed by atoms with Gasteiger partial charge in [0.05, 0.1) is 5.02 Å². The Bertz CT molecular complexity index is 445. The van der Waals surface area contributed by atoms with Gasteiger partial charge < -0.3 is 11.1 Å². The van der Waals surface area contributed by atoms with E-state index >= 15 is 0 Å². The van der Waals surface area contributed by atoms with Crippen LogP contribution in [0.25, 0.3) is 0 Å². The molecule has 98 valence electrons. The standard InChI is InChI=1S/C13H16BrClN2O/c14-11-6-1-8(7-12(11)15)13(18)17-10-4-2-9(16)3-5-10/h1,6-7,9-10H,2-5,16H2,(H,17,18). The number of carbonyl (C=O) groups is 1. The van der Waals surface area contributed by atoms with Crippen LogP contribution in [0.2, 0.25) is 5.02 Å². The Kier molecular flexibility index (Phi) is 4.65. The van der Waals surface area contributed by atoms with Crippen molar-refractivity contribution in [1.82, 2.24) is 5.32 Å². The molecule has 0 saturated heterocycles. The molecule has 3 N–H and O–H groups in total. The molecule has 5 heteroatoms. The van der Waals surface area contributed by atoms with Crippen molar-refractivity contribution in [3.8, 4) is 0 Å². The SMILES string of the molecule is NC1CCC(NC(=O)c2ccc(Br)c(Cl)c2)CC1. The Balaban J connectivity index is 1.97. The Morgan fingerprint density at radius 2 is 2.00 bits per heavy atom. The maximum atomic E-state index is 12.0.